The highest BCUT2D eigenvalue weighted by Gasteiger charge is 2.21. The molecule has 0 fully saturated rings. The van der Waals surface area contributed by atoms with Crippen molar-refractivity contribution >= 4 is 22.5 Å². The zero-order valence-electron chi connectivity index (χ0n) is 14.4. The first-order chi connectivity index (χ1) is 13.4. The Morgan fingerprint density at radius 2 is 2.00 bits per heavy atom. The van der Waals surface area contributed by atoms with E-state index in [1.165, 1.54) is 30.5 Å². The summed E-state index contributed by atoms with van der Waals surface area (Å²) >= 11 is 6.17. The standard InChI is InChI=1S/C20H11ClF2N4O/c1-9-25-8-16(26-9)18-13(22)5-15-19(20(18)23)17(28)6-14(27-15)11-4-10(7-24)2-3-12(11)21/h2-6,8H,1H3,(H,25,26)(H,27,28). The number of fused-ring (bicyclic) bond motifs is 1. The Morgan fingerprint density at radius 1 is 1.21 bits per heavy atom. The molecule has 0 aliphatic heterocycles. The monoisotopic (exact) mass is 396 g/mol. The number of nitriles is 1. The molecule has 0 bridgehead atoms. The van der Waals surface area contributed by atoms with Crippen LogP contribution in [0.1, 0.15) is 11.4 Å². The zero-order valence-corrected chi connectivity index (χ0v) is 15.2. The van der Waals surface area contributed by atoms with E-state index in [9.17, 15) is 9.18 Å². The van der Waals surface area contributed by atoms with Crippen molar-refractivity contribution in [2.45, 2.75) is 6.92 Å². The Kier molecular flexibility index (Phi) is 4.21. The summed E-state index contributed by atoms with van der Waals surface area (Å²) in [5, 5.41) is 9.07. The van der Waals surface area contributed by atoms with Crippen molar-refractivity contribution in [1.82, 2.24) is 15.0 Å². The van der Waals surface area contributed by atoms with Crippen molar-refractivity contribution < 1.29 is 8.78 Å². The fourth-order valence-electron chi connectivity index (χ4n) is 3.07. The summed E-state index contributed by atoms with van der Waals surface area (Å²) in [6.45, 7) is 1.65. The number of pyridine rings is 1. The van der Waals surface area contributed by atoms with E-state index >= 15 is 4.39 Å². The minimum atomic E-state index is -0.994. The molecule has 138 valence electrons. The minimum Gasteiger partial charge on any atom is -0.354 e. The number of hydrogen-bond acceptors (Lipinski definition) is 3. The molecule has 4 aromatic rings. The van der Waals surface area contributed by atoms with Crippen molar-refractivity contribution in [2.24, 2.45) is 0 Å². The van der Waals surface area contributed by atoms with Crippen LogP contribution in [0.5, 0.6) is 0 Å². The van der Waals surface area contributed by atoms with Gasteiger partial charge >= 0.3 is 0 Å². The number of imidazole rings is 1. The lowest BCUT2D eigenvalue weighted by Gasteiger charge is -2.10. The molecule has 0 radical (unpaired) electrons. The Balaban J connectivity index is 1.99. The molecule has 2 N–H and O–H groups in total. The predicted molar refractivity (Wildman–Crippen MR) is 102 cm³/mol. The summed E-state index contributed by atoms with van der Waals surface area (Å²) in [5.74, 6) is -1.36. The summed E-state index contributed by atoms with van der Waals surface area (Å²) < 4.78 is 29.7. The molecule has 5 nitrogen and oxygen atoms in total. The van der Waals surface area contributed by atoms with Crippen molar-refractivity contribution in [3.05, 3.63) is 74.8 Å². The van der Waals surface area contributed by atoms with Crippen LogP contribution in [0.15, 0.2) is 41.3 Å². The van der Waals surface area contributed by atoms with E-state index in [0.717, 1.165) is 6.07 Å². The molecule has 28 heavy (non-hydrogen) atoms. The van der Waals surface area contributed by atoms with E-state index in [2.05, 4.69) is 15.0 Å². The molecular formula is C20H11ClF2N4O. The topological polar surface area (TPSA) is 85.3 Å². The van der Waals surface area contributed by atoms with Gasteiger partial charge in [-0.2, -0.15) is 5.26 Å². The maximum atomic E-state index is 15.0. The van der Waals surface area contributed by atoms with Crippen molar-refractivity contribution in [3.63, 3.8) is 0 Å². The quantitative estimate of drug-likeness (QED) is 0.515. The fraction of sp³-hybridized carbons (Fsp3) is 0.0500. The van der Waals surface area contributed by atoms with Crippen LogP contribution in [0.2, 0.25) is 5.02 Å². The first-order valence-corrected chi connectivity index (χ1v) is 8.54. The predicted octanol–water partition coefficient (Wildman–Crippen LogP) is 4.70. The number of rotatable bonds is 2. The number of halogens is 3. The average Bonchev–Trinajstić information content (AvgIpc) is 3.07. The van der Waals surface area contributed by atoms with E-state index in [1.807, 2.05) is 6.07 Å². The average molecular weight is 397 g/mol. The number of nitrogens with one attached hydrogen (secondary N) is 2. The van der Waals surface area contributed by atoms with Crippen molar-refractivity contribution in [2.75, 3.05) is 0 Å². The van der Waals surface area contributed by atoms with E-state index in [0.29, 0.717) is 22.0 Å². The van der Waals surface area contributed by atoms with Gasteiger partial charge in [0.15, 0.2) is 5.43 Å². The number of H-pyrrole nitrogens is 2. The fourth-order valence-corrected chi connectivity index (χ4v) is 3.29. The van der Waals surface area contributed by atoms with Gasteiger partial charge in [0.1, 0.15) is 17.5 Å². The second kappa shape index (κ2) is 6.59. The van der Waals surface area contributed by atoms with Crippen LogP contribution in [0.25, 0.3) is 33.4 Å². The van der Waals surface area contributed by atoms with Gasteiger partial charge in [0.2, 0.25) is 0 Å². The molecular weight excluding hydrogens is 386 g/mol. The molecule has 2 aromatic carbocycles. The van der Waals surface area contributed by atoms with Crippen LogP contribution in [0.3, 0.4) is 0 Å². The molecule has 4 rings (SSSR count). The van der Waals surface area contributed by atoms with Crippen LogP contribution in [0, 0.1) is 29.9 Å². The van der Waals surface area contributed by atoms with Crippen LogP contribution in [-0.4, -0.2) is 15.0 Å². The maximum Gasteiger partial charge on any atom is 0.193 e. The second-order valence-electron chi connectivity index (χ2n) is 6.19. The van der Waals surface area contributed by atoms with E-state index in [1.54, 1.807) is 6.92 Å². The smallest absolute Gasteiger partial charge is 0.193 e. The van der Waals surface area contributed by atoms with Crippen molar-refractivity contribution in [1.29, 1.82) is 5.26 Å². The molecule has 0 saturated heterocycles. The van der Waals surface area contributed by atoms with Gasteiger partial charge in [0.25, 0.3) is 0 Å². The Hall–Kier alpha value is -3.50. The van der Waals surface area contributed by atoms with Gasteiger partial charge in [-0.1, -0.05) is 11.6 Å². The number of hydrogen-bond donors (Lipinski definition) is 2. The van der Waals surface area contributed by atoms with Crippen molar-refractivity contribution in [3.8, 4) is 28.6 Å². The summed E-state index contributed by atoms with van der Waals surface area (Å²) in [6.07, 6.45) is 1.37. The van der Waals surface area contributed by atoms with Gasteiger partial charge in [-0.15, -0.1) is 0 Å². The van der Waals surface area contributed by atoms with Crippen LogP contribution < -0.4 is 5.43 Å². The van der Waals surface area contributed by atoms with Gasteiger partial charge in [0.05, 0.1) is 39.5 Å². The second-order valence-corrected chi connectivity index (χ2v) is 6.60. The number of aromatic nitrogens is 3. The van der Waals surface area contributed by atoms with Gasteiger partial charge in [-0.25, -0.2) is 13.8 Å². The third-order valence-corrected chi connectivity index (χ3v) is 4.69. The molecule has 8 heteroatoms. The van der Waals surface area contributed by atoms with E-state index in [4.69, 9.17) is 16.9 Å². The van der Waals surface area contributed by atoms with Gasteiger partial charge in [-0.3, -0.25) is 4.79 Å². The SMILES string of the molecule is Cc1nc(-c2c(F)cc3[nH]c(-c4cc(C#N)ccc4Cl)cc(=O)c3c2F)c[nH]1. The van der Waals surface area contributed by atoms with Gasteiger partial charge in [-0.05, 0) is 31.2 Å². The maximum absolute atomic E-state index is 15.0. The number of nitrogens with zero attached hydrogens (tertiary/aromatic N) is 2. The van der Waals surface area contributed by atoms with Crippen LogP contribution >= 0.6 is 11.6 Å². The Labute approximate surface area is 162 Å². The Bertz CT molecular complexity index is 1350. The lowest BCUT2D eigenvalue weighted by molar-refractivity contribution is 0.596. The number of aryl methyl sites for hydroxylation is 1. The lowest BCUT2D eigenvalue weighted by Crippen LogP contribution is -2.08. The Morgan fingerprint density at radius 3 is 2.68 bits per heavy atom. The third-order valence-electron chi connectivity index (χ3n) is 4.36. The first kappa shape index (κ1) is 17.9. The highest BCUT2D eigenvalue weighted by atomic mass is 35.5. The largest absolute Gasteiger partial charge is 0.354 e. The third kappa shape index (κ3) is 2.84. The summed E-state index contributed by atoms with van der Waals surface area (Å²) in [5.41, 5.74) is -0.00127. The molecule has 2 heterocycles. The summed E-state index contributed by atoms with van der Waals surface area (Å²) in [4.78, 5) is 22.3. The number of benzene rings is 2. The molecule has 0 amide bonds. The molecule has 0 aliphatic carbocycles. The van der Waals surface area contributed by atoms with E-state index < -0.39 is 17.1 Å². The molecule has 0 unspecified atom stereocenters. The zero-order chi connectivity index (χ0) is 20.0. The van der Waals surface area contributed by atoms with E-state index in [-0.39, 0.29) is 27.9 Å². The normalized spacial score (nSPS) is 11.0. The highest BCUT2D eigenvalue weighted by molar-refractivity contribution is 6.33. The highest BCUT2D eigenvalue weighted by Crippen LogP contribution is 2.32. The summed E-state index contributed by atoms with van der Waals surface area (Å²) in [6, 6.07) is 8.74. The summed E-state index contributed by atoms with van der Waals surface area (Å²) in [7, 11) is 0. The molecule has 0 spiro atoms. The van der Waals surface area contributed by atoms with Crippen LogP contribution in [-0.2, 0) is 0 Å². The first-order valence-electron chi connectivity index (χ1n) is 8.16. The van der Waals surface area contributed by atoms with Crippen LogP contribution in [0.4, 0.5) is 8.78 Å². The number of aromatic amines is 2. The molecule has 0 saturated carbocycles. The van der Waals surface area contributed by atoms with Gasteiger partial charge < -0.3 is 9.97 Å². The molecule has 0 aliphatic rings. The molecule has 0 atom stereocenters. The molecule has 2 aromatic heterocycles. The lowest BCUT2D eigenvalue weighted by atomic mass is 10.0. The van der Waals surface area contributed by atoms with Gasteiger partial charge in [0, 0.05) is 22.8 Å². The minimum absolute atomic E-state index is 0.0214.